The second-order valence-electron chi connectivity index (χ2n) is 8.00. The molecule has 0 spiro atoms. The molecular weight excluding hydrogens is 423 g/mol. The van der Waals surface area contributed by atoms with Crippen LogP contribution in [-0.2, 0) is 16.4 Å². The summed E-state index contributed by atoms with van der Waals surface area (Å²) in [6.45, 7) is 1.53. The number of hydrogen-bond acceptors (Lipinski definition) is 3. The molecule has 0 aromatic heterocycles. The molecule has 166 valence electrons. The van der Waals surface area contributed by atoms with Gasteiger partial charge in [0.05, 0.1) is 4.90 Å². The molecule has 0 aliphatic carbocycles. The summed E-state index contributed by atoms with van der Waals surface area (Å²) in [5, 5.41) is 0. The molecule has 0 saturated carbocycles. The fraction of sp³-hybridized carbons (Fsp3) is 0.269. The molecule has 0 radical (unpaired) electrons. The third kappa shape index (κ3) is 5.31. The molecule has 6 heteroatoms. The van der Waals surface area contributed by atoms with Gasteiger partial charge in [-0.3, -0.25) is 4.99 Å². The standard InChI is InChI=1S/C26H27FN2O2S/c27-24-13-11-22(12-14-24)26(28-18-15-21-7-3-1-4-8-21)23-16-19-29(20-17-23)32(30,31)25-9-5-2-6-10-25/h1-14,23H,15-20H2/b28-26+. The molecule has 1 saturated heterocycles. The number of benzene rings is 3. The second kappa shape index (κ2) is 10.2. The minimum atomic E-state index is -3.49. The van der Waals surface area contributed by atoms with Gasteiger partial charge in [-0.25, -0.2) is 12.8 Å². The third-order valence-corrected chi connectivity index (χ3v) is 7.80. The summed E-state index contributed by atoms with van der Waals surface area (Å²) >= 11 is 0. The molecule has 3 aromatic rings. The van der Waals surface area contributed by atoms with Crippen LogP contribution in [0.2, 0.25) is 0 Å². The first-order chi connectivity index (χ1) is 15.5. The number of halogens is 1. The molecule has 0 bridgehead atoms. The monoisotopic (exact) mass is 450 g/mol. The van der Waals surface area contributed by atoms with E-state index in [-0.39, 0.29) is 11.7 Å². The first kappa shape index (κ1) is 22.4. The molecule has 32 heavy (non-hydrogen) atoms. The van der Waals surface area contributed by atoms with Crippen molar-refractivity contribution in [3.63, 3.8) is 0 Å². The van der Waals surface area contributed by atoms with Crippen LogP contribution in [0.5, 0.6) is 0 Å². The number of piperidine rings is 1. The Balaban J connectivity index is 1.49. The fourth-order valence-corrected chi connectivity index (χ4v) is 5.63. The van der Waals surface area contributed by atoms with Crippen LogP contribution in [0.25, 0.3) is 0 Å². The van der Waals surface area contributed by atoms with Crippen LogP contribution < -0.4 is 0 Å². The second-order valence-corrected chi connectivity index (χ2v) is 9.94. The highest BCUT2D eigenvalue weighted by Crippen LogP contribution is 2.27. The van der Waals surface area contributed by atoms with Gasteiger partial charge in [-0.2, -0.15) is 4.31 Å². The molecule has 0 N–H and O–H groups in total. The Labute approximate surface area is 189 Å². The summed E-state index contributed by atoms with van der Waals surface area (Å²) in [5.74, 6) is -0.139. The van der Waals surface area contributed by atoms with Gasteiger partial charge < -0.3 is 0 Å². The Morgan fingerprint density at radius 1 is 0.875 bits per heavy atom. The number of aliphatic imine (C=N–C) groups is 1. The Morgan fingerprint density at radius 2 is 1.47 bits per heavy atom. The number of sulfonamides is 1. The zero-order chi connectivity index (χ0) is 22.4. The van der Waals surface area contributed by atoms with Gasteiger partial charge in [0, 0.05) is 31.3 Å². The van der Waals surface area contributed by atoms with Gasteiger partial charge in [-0.05, 0) is 54.7 Å². The molecule has 4 rings (SSSR count). The average molecular weight is 451 g/mol. The number of hydrogen-bond donors (Lipinski definition) is 0. The van der Waals surface area contributed by atoms with Crippen LogP contribution in [0, 0.1) is 11.7 Å². The predicted molar refractivity (Wildman–Crippen MR) is 126 cm³/mol. The average Bonchev–Trinajstić information content (AvgIpc) is 2.84. The maximum absolute atomic E-state index is 13.5. The van der Waals surface area contributed by atoms with Crippen LogP contribution in [-0.4, -0.2) is 38.1 Å². The number of rotatable bonds is 7. The van der Waals surface area contributed by atoms with Crippen molar-refractivity contribution in [2.75, 3.05) is 19.6 Å². The Morgan fingerprint density at radius 3 is 2.09 bits per heavy atom. The topological polar surface area (TPSA) is 49.7 Å². The Bertz CT molecular complexity index is 1140. The minimum absolute atomic E-state index is 0.137. The Hall–Kier alpha value is -2.83. The highest BCUT2D eigenvalue weighted by molar-refractivity contribution is 7.89. The lowest BCUT2D eigenvalue weighted by molar-refractivity contribution is 0.316. The molecule has 0 atom stereocenters. The van der Waals surface area contributed by atoms with E-state index in [1.54, 1.807) is 40.7 Å². The molecular formula is C26H27FN2O2S. The van der Waals surface area contributed by atoms with Gasteiger partial charge in [0.25, 0.3) is 0 Å². The summed E-state index contributed by atoms with van der Waals surface area (Å²) in [7, 11) is -3.49. The summed E-state index contributed by atoms with van der Waals surface area (Å²) in [5.41, 5.74) is 3.07. The summed E-state index contributed by atoms with van der Waals surface area (Å²) in [6, 6.07) is 25.2. The first-order valence-electron chi connectivity index (χ1n) is 10.9. The first-order valence-corrected chi connectivity index (χ1v) is 12.4. The van der Waals surface area contributed by atoms with Gasteiger partial charge in [-0.1, -0.05) is 60.7 Å². The molecule has 0 unspecified atom stereocenters. The molecule has 3 aromatic carbocycles. The smallest absolute Gasteiger partial charge is 0.243 e. The lowest BCUT2D eigenvalue weighted by Gasteiger charge is -2.32. The quantitative estimate of drug-likeness (QED) is 0.478. The van der Waals surface area contributed by atoms with Crippen molar-refractivity contribution in [1.29, 1.82) is 0 Å². The van der Waals surface area contributed by atoms with Crippen LogP contribution in [0.15, 0.2) is 94.8 Å². The molecule has 4 nitrogen and oxygen atoms in total. The van der Waals surface area contributed by atoms with E-state index in [9.17, 15) is 12.8 Å². The zero-order valence-electron chi connectivity index (χ0n) is 17.9. The van der Waals surface area contributed by atoms with Crippen molar-refractivity contribution in [1.82, 2.24) is 4.31 Å². The van der Waals surface area contributed by atoms with E-state index in [2.05, 4.69) is 12.1 Å². The van der Waals surface area contributed by atoms with Crippen LogP contribution in [0.3, 0.4) is 0 Å². The molecule has 1 fully saturated rings. The van der Waals surface area contributed by atoms with Crippen LogP contribution in [0.1, 0.15) is 24.0 Å². The normalized spacial score (nSPS) is 16.2. The van der Waals surface area contributed by atoms with Crippen molar-refractivity contribution in [2.24, 2.45) is 10.9 Å². The van der Waals surface area contributed by atoms with Crippen molar-refractivity contribution in [2.45, 2.75) is 24.2 Å². The van der Waals surface area contributed by atoms with Crippen LogP contribution >= 0.6 is 0 Å². The van der Waals surface area contributed by atoms with Gasteiger partial charge in [0.1, 0.15) is 5.82 Å². The summed E-state index contributed by atoms with van der Waals surface area (Å²) in [4.78, 5) is 5.24. The van der Waals surface area contributed by atoms with E-state index in [4.69, 9.17) is 4.99 Å². The van der Waals surface area contributed by atoms with E-state index in [1.165, 1.54) is 17.7 Å². The van der Waals surface area contributed by atoms with Crippen LogP contribution in [0.4, 0.5) is 4.39 Å². The van der Waals surface area contributed by atoms with E-state index in [1.807, 2.05) is 24.3 Å². The lowest BCUT2D eigenvalue weighted by Crippen LogP contribution is -2.40. The van der Waals surface area contributed by atoms with E-state index < -0.39 is 10.0 Å². The summed E-state index contributed by atoms with van der Waals surface area (Å²) in [6.07, 6.45) is 2.20. The highest BCUT2D eigenvalue weighted by atomic mass is 32.2. The van der Waals surface area contributed by atoms with Gasteiger partial charge in [0.15, 0.2) is 0 Å². The molecule has 1 aliphatic rings. The van der Waals surface area contributed by atoms with Gasteiger partial charge >= 0.3 is 0 Å². The van der Waals surface area contributed by atoms with Gasteiger partial charge in [0.2, 0.25) is 10.0 Å². The van der Waals surface area contributed by atoms with Crippen molar-refractivity contribution in [3.05, 3.63) is 102 Å². The maximum Gasteiger partial charge on any atom is 0.243 e. The maximum atomic E-state index is 13.5. The minimum Gasteiger partial charge on any atom is -0.289 e. The molecule has 1 heterocycles. The largest absolute Gasteiger partial charge is 0.289 e. The SMILES string of the molecule is O=S(=O)(c1ccccc1)N1CCC(/C(=N/CCc2ccccc2)c2ccc(F)cc2)CC1. The lowest BCUT2D eigenvalue weighted by atomic mass is 9.88. The fourth-order valence-electron chi connectivity index (χ4n) is 4.14. The Kier molecular flexibility index (Phi) is 7.12. The van der Waals surface area contributed by atoms with E-state index in [0.717, 1.165) is 17.7 Å². The van der Waals surface area contributed by atoms with E-state index >= 15 is 0 Å². The van der Waals surface area contributed by atoms with Crippen molar-refractivity contribution in [3.8, 4) is 0 Å². The highest BCUT2D eigenvalue weighted by Gasteiger charge is 2.31. The van der Waals surface area contributed by atoms with Crippen molar-refractivity contribution < 1.29 is 12.8 Å². The number of nitrogens with zero attached hydrogens (tertiary/aromatic N) is 2. The zero-order valence-corrected chi connectivity index (χ0v) is 18.7. The molecule has 0 amide bonds. The summed E-state index contributed by atoms with van der Waals surface area (Å²) < 4.78 is 41.0. The van der Waals surface area contributed by atoms with E-state index in [0.29, 0.717) is 37.4 Å². The predicted octanol–water partition coefficient (Wildman–Crippen LogP) is 4.96. The third-order valence-electron chi connectivity index (χ3n) is 5.89. The van der Waals surface area contributed by atoms with Crippen molar-refractivity contribution >= 4 is 15.7 Å². The van der Waals surface area contributed by atoms with Gasteiger partial charge in [-0.15, -0.1) is 0 Å². The molecule has 1 aliphatic heterocycles.